The van der Waals surface area contributed by atoms with Crippen molar-refractivity contribution >= 4 is 30.7 Å². The van der Waals surface area contributed by atoms with Crippen LogP contribution in [-0.4, -0.2) is 49.1 Å². The van der Waals surface area contributed by atoms with E-state index in [2.05, 4.69) is 36.1 Å². The molecule has 0 aliphatic carbocycles. The molecule has 31 heavy (non-hydrogen) atoms. The molecule has 10 nitrogen and oxygen atoms in total. The lowest BCUT2D eigenvalue weighted by Gasteiger charge is -2.22. The molecular formula is C19H26Cl2N8O2. The summed E-state index contributed by atoms with van der Waals surface area (Å²) in [6.07, 6.45) is 6.98. The highest BCUT2D eigenvalue weighted by Crippen LogP contribution is 2.24. The first-order valence-corrected chi connectivity index (χ1v) is 9.79. The van der Waals surface area contributed by atoms with Gasteiger partial charge in [0.1, 0.15) is 6.04 Å². The van der Waals surface area contributed by atoms with Crippen molar-refractivity contribution < 1.29 is 9.32 Å². The summed E-state index contributed by atoms with van der Waals surface area (Å²) in [5.74, 6) is 0.543. The molecule has 1 aliphatic rings. The van der Waals surface area contributed by atoms with Gasteiger partial charge in [0, 0.05) is 18.0 Å². The number of pyridine rings is 1. The minimum atomic E-state index is -0.436. The van der Waals surface area contributed by atoms with E-state index in [0.29, 0.717) is 11.7 Å². The van der Waals surface area contributed by atoms with Gasteiger partial charge >= 0.3 is 0 Å². The second-order valence-corrected chi connectivity index (χ2v) is 7.45. The molecule has 1 saturated heterocycles. The molecule has 1 atom stereocenters. The van der Waals surface area contributed by atoms with Crippen LogP contribution in [0.25, 0.3) is 11.4 Å². The second-order valence-electron chi connectivity index (χ2n) is 7.45. The molecule has 1 amide bonds. The largest absolute Gasteiger partial charge is 0.339 e. The predicted octanol–water partition coefficient (Wildman–Crippen LogP) is 2.62. The molecule has 168 valence electrons. The predicted molar refractivity (Wildman–Crippen MR) is 118 cm³/mol. The zero-order valence-corrected chi connectivity index (χ0v) is 18.9. The van der Waals surface area contributed by atoms with Crippen molar-refractivity contribution in [2.75, 3.05) is 13.1 Å². The van der Waals surface area contributed by atoms with Crippen molar-refractivity contribution in [3.05, 3.63) is 42.3 Å². The lowest BCUT2D eigenvalue weighted by Crippen LogP contribution is -2.32. The number of aromatic nitrogens is 6. The number of hydrogen-bond acceptors (Lipinski definition) is 8. The summed E-state index contributed by atoms with van der Waals surface area (Å²) >= 11 is 0. The third-order valence-electron chi connectivity index (χ3n) is 5.03. The van der Waals surface area contributed by atoms with E-state index in [-0.39, 0.29) is 48.4 Å². The minimum Gasteiger partial charge on any atom is -0.339 e. The van der Waals surface area contributed by atoms with Crippen LogP contribution < -0.4 is 10.6 Å². The van der Waals surface area contributed by atoms with E-state index in [1.807, 2.05) is 13.8 Å². The molecule has 1 aliphatic heterocycles. The highest BCUT2D eigenvalue weighted by Gasteiger charge is 2.27. The van der Waals surface area contributed by atoms with Gasteiger partial charge in [0.15, 0.2) is 5.69 Å². The number of rotatable bonds is 6. The van der Waals surface area contributed by atoms with Crippen LogP contribution in [0.1, 0.15) is 55.2 Å². The maximum Gasteiger partial charge on any atom is 0.274 e. The van der Waals surface area contributed by atoms with Gasteiger partial charge in [-0.1, -0.05) is 24.2 Å². The van der Waals surface area contributed by atoms with Gasteiger partial charge in [-0.3, -0.25) is 9.78 Å². The van der Waals surface area contributed by atoms with Crippen LogP contribution >= 0.6 is 24.8 Å². The molecule has 12 heteroatoms. The SMILES string of the molecule is CC(C)C(NC(=O)c1cn(C2CCNCC2)nn1)c1nc(-c2ccncc2)no1.Cl.Cl. The molecule has 0 radical (unpaired) electrons. The maximum atomic E-state index is 12.8. The van der Waals surface area contributed by atoms with Crippen molar-refractivity contribution in [2.45, 2.75) is 38.8 Å². The maximum absolute atomic E-state index is 12.8. The van der Waals surface area contributed by atoms with Crippen molar-refractivity contribution in [1.82, 2.24) is 40.8 Å². The molecule has 1 fully saturated rings. The molecule has 4 heterocycles. The average molecular weight is 469 g/mol. The fraction of sp³-hybridized carbons (Fsp3) is 0.474. The Hall–Kier alpha value is -2.56. The topological polar surface area (TPSA) is 124 Å². The highest BCUT2D eigenvalue weighted by molar-refractivity contribution is 5.92. The number of carbonyl (C=O) groups is 1. The standard InChI is InChI=1S/C19H24N8O2.2ClH/c1-12(2)16(19-23-17(25-29-19)13-3-7-20-8-4-13)22-18(28)15-11-27(26-24-15)14-5-9-21-10-6-14;;/h3-4,7-8,11-12,14,16,21H,5-6,9-10H2,1-2H3,(H,22,28);2*1H. The minimum absolute atomic E-state index is 0. The molecule has 0 saturated carbocycles. The Bertz CT molecular complexity index is 957. The smallest absolute Gasteiger partial charge is 0.274 e. The summed E-state index contributed by atoms with van der Waals surface area (Å²) in [5.41, 5.74) is 1.08. The first-order valence-electron chi connectivity index (χ1n) is 9.79. The van der Waals surface area contributed by atoms with E-state index in [4.69, 9.17) is 4.52 Å². The summed E-state index contributed by atoms with van der Waals surface area (Å²) in [4.78, 5) is 21.2. The Labute approximate surface area is 192 Å². The van der Waals surface area contributed by atoms with Crippen LogP contribution in [0.5, 0.6) is 0 Å². The molecule has 3 aromatic rings. The van der Waals surface area contributed by atoms with E-state index in [1.54, 1.807) is 35.4 Å². The number of piperidine rings is 1. The van der Waals surface area contributed by atoms with E-state index >= 15 is 0 Å². The molecule has 4 rings (SSSR count). The van der Waals surface area contributed by atoms with Gasteiger partial charge in [-0.05, 0) is 44.0 Å². The van der Waals surface area contributed by atoms with Crippen LogP contribution in [0.4, 0.5) is 0 Å². The van der Waals surface area contributed by atoms with Gasteiger partial charge in [0.25, 0.3) is 5.91 Å². The summed E-state index contributed by atoms with van der Waals surface area (Å²) in [6.45, 7) is 5.84. The third-order valence-corrected chi connectivity index (χ3v) is 5.03. The summed E-state index contributed by atoms with van der Waals surface area (Å²) < 4.78 is 7.22. The normalized spacial score (nSPS) is 15.1. The molecular weight excluding hydrogens is 443 g/mol. The van der Waals surface area contributed by atoms with Crippen LogP contribution in [0, 0.1) is 5.92 Å². The van der Waals surface area contributed by atoms with Gasteiger partial charge < -0.3 is 15.2 Å². The number of carbonyl (C=O) groups excluding carboxylic acids is 1. The lowest BCUT2D eigenvalue weighted by atomic mass is 10.0. The molecule has 0 bridgehead atoms. The van der Waals surface area contributed by atoms with E-state index < -0.39 is 6.04 Å². The Balaban J connectivity index is 0.00000171. The van der Waals surface area contributed by atoms with E-state index in [0.717, 1.165) is 31.5 Å². The number of nitrogens with one attached hydrogen (secondary N) is 2. The number of amides is 1. The number of hydrogen-bond donors (Lipinski definition) is 2. The fourth-order valence-electron chi connectivity index (χ4n) is 3.34. The molecule has 1 unspecified atom stereocenters. The molecule has 3 aromatic heterocycles. The van der Waals surface area contributed by atoms with Crippen LogP contribution in [-0.2, 0) is 0 Å². The Kier molecular flexibility index (Phi) is 8.90. The van der Waals surface area contributed by atoms with E-state index in [9.17, 15) is 4.79 Å². The summed E-state index contributed by atoms with van der Waals surface area (Å²) in [6, 6.07) is 3.44. The van der Waals surface area contributed by atoms with Gasteiger partial charge in [0.05, 0.1) is 12.2 Å². The quantitative estimate of drug-likeness (QED) is 0.565. The zero-order valence-electron chi connectivity index (χ0n) is 17.3. The molecule has 2 N–H and O–H groups in total. The fourth-order valence-corrected chi connectivity index (χ4v) is 3.34. The Morgan fingerprint density at radius 1 is 1.23 bits per heavy atom. The first kappa shape index (κ1) is 24.7. The average Bonchev–Trinajstić information content (AvgIpc) is 3.43. The highest BCUT2D eigenvalue weighted by atomic mass is 35.5. The lowest BCUT2D eigenvalue weighted by molar-refractivity contribution is 0.0908. The van der Waals surface area contributed by atoms with Gasteiger partial charge in [0.2, 0.25) is 11.7 Å². The summed E-state index contributed by atoms with van der Waals surface area (Å²) in [7, 11) is 0. The van der Waals surface area contributed by atoms with Crippen LogP contribution in [0.2, 0.25) is 0 Å². The first-order chi connectivity index (χ1) is 14.1. The van der Waals surface area contributed by atoms with Gasteiger partial charge in [-0.15, -0.1) is 29.9 Å². The van der Waals surface area contributed by atoms with Crippen molar-refractivity contribution in [3.8, 4) is 11.4 Å². The number of halogens is 2. The van der Waals surface area contributed by atoms with Gasteiger partial charge in [-0.2, -0.15) is 4.98 Å². The van der Waals surface area contributed by atoms with Crippen molar-refractivity contribution in [3.63, 3.8) is 0 Å². The van der Waals surface area contributed by atoms with Crippen LogP contribution in [0.15, 0.2) is 35.2 Å². The van der Waals surface area contributed by atoms with Gasteiger partial charge in [-0.25, -0.2) is 4.68 Å². The third kappa shape index (κ3) is 5.78. The molecule has 0 aromatic carbocycles. The Morgan fingerprint density at radius 2 is 1.94 bits per heavy atom. The molecule has 0 spiro atoms. The number of nitrogens with zero attached hydrogens (tertiary/aromatic N) is 6. The second kappa shape index (κ2) is 11.2. The Morgan fingerprint density at radius 3 is 2.61 bits per heavy atom. The van der Waals surface area contributed by atoms with E-state index in [1.165, 1.54) is 0 Å². The van der Waals surface area contributed by atoms with Crippen LogP contribution in [0.3, 0.4) is 0 Å². The zero-order chi connectivity index (χ0) is 20.2. The summed E-state index contributed by atoms with van der Waals surface area (Å²) in [5, 5.41) is 18.5. The van der Waals surface area contributed by atoms with Crippen molar-refractivity contribution in [1.29, 1.82) is 0 Å². The monoisotopic (exact) mass is 468 g/mol. The van der Waals surface area contributed by atoms with Crippen molar-refractivity contribution in [2.24, 2.45) is 5.92 Å².